The van der Waals surface area contributed by atoms with Crippen molar-refractivity contribution in [3.05, 3.63) is 57.8 Å². The highest BCUT2D eigenvalue weighted by molar-refractivity contribution is 9.10. The molecule has 0 atom stereocenters. The number of benzene rings is 2. The van der Waals surface area contributed by atoms with Crippen LogP contribution >= 0.6 is 15.9 Å². The second kappa shape index (κ2) is 6.58. The molecule has 110 valence electrons. The summed E-state index contributed by atoms with van der Waals surface area (Å²) in [5.74, 6) is -1.29. The lowest BCUT2D eigenvalue weighted by Crippen LogP contribution is -2.02. The fourth-order valence-electron chi connectivity index (χ4n) is 1.77. The van der Waals surface area contributed by atoms with Crippen molar-refractivity contribution in [1.29, 1.82) is 0 Å². The van der Waals surface area contributed by atoms with Crippen molar-refractivity contribution in [2.75, 3.05) is 7.11 Å². The summed E-state index contributed by atoms with van der Waals surface area (Å²) in [6.07, 6.45) is 0. The maximum absolute atomic E-state index is 13.7. The van der Waals surface area contributed by atoms with Crippen LogP contribution in [0.1, 0.15) is 15.9 Å². The molecular weight excluding hydrogens is 343 g/mol. The summed E-state index contributed by atoms with van der Waals surface area (Å²) in [5.41, 5.74) is 0.619. The quantitative estimate of drug-likeness (QED) is 0.885. The van der Waals surface area contributed by atoms with E-state index in [-0.39, 0.29) is 17.9 Å². The van der Waals surface area contributed by atoms with Gasteiger partial charge in [-0.3, -0.25) is 0 Å². The number of ether oxygens (including phenoxy) is 2. The lowest BCUT2D eigenvalue weighted by molar-refractivity contribution is 0.0696. The summed E-state index contributed by atoms with van der Waals surface area (Å²) < 4.78 is 25.2. The smallest absolute Gasteiger partial charge is 0.335 e. The molecule has 2 rings (SSSR count). The summed E-state index contributed by atoms with van der Waals surface area (Å²) in [6.45, 7) is 0.103. The molecule has 0 saturated heterocycles. The fourth-order valence-corrected chi connectivity index (χ4v) is 2.17. The van der Waals surface area contributed by atoms with E-state index < -0.39 is 11.8 Å². The van der Waals surface area contributed by atoms with E-state index in [0.717, 1.165) is 16.1 Å². The van der Waals surface area contributed by atoms with E-state index in [1.54, 1.807) is 6.07 Å². The van der Waals surface area contributed by atoms with Crippen molar-refractivity contribution in [3.63, 3.8) is 0 Å². The summed E-state index contributed by atoms with van der Waals surface area (Å²) in [4.78, 5) is 10.7. The molecule has 0 radical (unpaired) electrons. The standard InChI is InChI=1S/C15H12BrFO4/c1-20-13-5-3-11(16)6-10(13)8-21-14-4-2-9(15(18)19)7-12(14)17/h2-7H,8H2,1H3,(H,18,19). The van der Waals surface area contributed by atoms with Crippen molar-refractivity contribution in [2.24, 2.45) is 0 Å². The molecule has 2 aromatic rings. The van der Waals surface area contributed by atoms with Crippen LogP contribution in [0.15, 0.2) is 40.9 Å². The minimum Gasteiger partial charge on any atom is -0.496 e. The molecule has 0 amide bonds. The van der Waals surface area contributed by atoms with E-state index in [4.69, 9.17) is 14.6 Å². The van der Waals surface area contributed by atoms with Crippen LogP contribution in [0.2, 0.25) is 0 Å². The topological polar surface area (TPSA) is 55.8 Å². The van der Waals surface area contributed by atoms with Gasteiger partial charge >= 0.3 is 5.97 Å². The van der Waals surface area contributed by atoms with Gasteiger partial charge in [0, 0.05) is 10.0 Å². The molecule has 0 spiro atoms. The zero-order valence-electron chi connectivity index (χ0n) is 11.1. The number of rotatable bonds is 5. The number of methoxy groups -OCH3 is 1. The average Bonchev–Trinajstić information content (AvgIpc) is 2.46. The number of carboxylic acids is 1. The Morgan fingerprint density at radius 1 is 1.24 bits per heavy atom. The molecule has 4 nitrogen and oxygen atoms in total. The van der Waals surface area contributed by atoms with Crippen LogP contribution < -0.4 is 9.47 Å². The van der Waals surface area contributed by atoms with E-state index in [1.807, 2.05) is 12.1 Å². The first-order chi connectivity index (χ1) is 10.0. The van der Waals surface area contributed by atoms with Crippen LogP contribution in [0, 0.1) is 5.82 Å². The van der Waals surface area contributed by atoms with Gasteiger partial charge in [0.25, 0.3) is 0 Å². The molecule has 1 N–H and O–H groups in total. The summed E-state index contributed by atoms with van der Waals surface area (Å²) >= 11 is 3.34. The Kier molecular flexibility index (Phi) is 4.80. The molecule has 0 aliphatic carbocycles. The third-order valence-electron chi connectivity index (χ3n) is 2.80. The second-order valence-corrected chi connectivity index (χ2v) is 5.11. The number of hydrogen-bond acceptors (Lipinski definition) is 3. The first-order valence-electron chi connectivity index (χ1n) is 5.99. The minimum atomic E-state index is -1.19. The normalized spacial score (nSPS) is 10.2. The summed E-state index contributed by atoms with van der Waals surface area (Å²) in [5, 5.41) is 8.78. The van der Waals surface area contributed by atoms with Crippen molar-refractivity contribution in [1.82, 2.24) is 0 Å². The summed E-state index contributed by atoms with van der Waals surface area (Å²) in [6, 6.07) is 8.91. The van der Waals surface area contributed by atoms with Crippen LogP contribution in [0.5, 0.6) is 11.5 Å². The molecule has 0 fully saturated rings. The highest BCUT2D eigenvalue weighted by Crippen LogP contribution is 2.26. The fraction of sp³-hybridized carbons (Fsp3) is 0.133. The van der Waals surface area contributed by atoms with E-state index in [2.05, 4.69) is 15.9 Å². The lowest BCUT2D eigenvalue weighted by Gasteiger charge is -2.11. The van der Waals surface area contributed by atoms with E-state index in [9.17, 15) is 9.18 Å². The Balaban J connectivity index is 2.17. The molecular formula is C15H12BrFO4. The number of hydrogen-bond donors (Lipinski definition) is 1. The van der Waals surface area contributed by atoms with Crippen LogP contribution in [-0.4, -0.2) is 18.2 Å². The monoisotopic (exact) mass is 354 g/mol. The highest BCUT2D eigenvalue weighted by atomic mass is 79.9. The SMILES string of the molecule is COc1ccc(Br)cc1COc1ccc(C(=O)O)cc1F. The van der Waals surface area contributed by atoms with E-state index >= 15 is 0 Å². The van der Waals surface area contributed by atoms with Gasteiger partial charge in [0.15, 0.2) is 11.6 Å². The van der Waals surface area contributed by atoms with Gasteiger partial charge in [0.1, 0.15) is 12.4 Å². The maximum atomic E-state index is 13.7. The van der Waals surface area contributed by atoms with Gasteiger partial charge in [-0.25, -0.2) is 9.18 Å². The Hall–Kier alpha value is -2.08. The molecule has 0 aliphatic heterocycles. The van der Waals surface area contributed by atoms with Crippen molar-refractivity contribution in [3.8, 4) is 11.5 Å². The Morgan fingerprint density at radius 2 is 1.95 bits per heavy atom. The second-order valence-electron chi connectivity index (χ2n) is 4.20. The third kappa shape index (κ3) is 3.72. The molecule has 0 heterocycles. The van der Waals surface area contributed by atoms with E-state index in [0.29, 0.717) is 5.75 Å². The first-order valence-corrected chi connectivity index (χ1v) is 6.78. The Morgan fingerprint density at radius 3 is 2.57 bits per heavy atom. The van der Waals surface area contributed by atoms with Crippen LogP contribution in [0.3, 0.4) is 0 Å². The molecule has 0 unspecified atom stereocenters. The molecule has 0 bridgehead atoms. The zero-order valence-corrected chi connectivity index (χ0v) is 12.7. The largest absolute Gasteiger partial charge is 0.496 e. The summed E-state index contributed by atoms with van der Waals surface area (Å²) in [7, 11) is 1.54. The zero-order chi connectivity index (χ0) is 15.4. The number of halogens is 2. The molecule has 0 aliphatic rings. The Bertz CT molecular complexity index is 673. The van der Waals surface area contributed by atoms with Crippen LogP contribution in [0.4, 0.5) is 4.39 Å². The van der Waals surface area contributed by atoms with Gasteiger partial charge in [0.05, 0.1) is 12.7 Å². The van der Waals surface area contributed by atoms with Crippen molar-refractivity contribution in [2.45, 2.75) is 6.61 Å². The molecule has 2 aromatic carbocycles. The maximum Gasteiger partial charge on any atom is 0.335 e. The molecule has 21 heavy (non-hydrogen) atoms. The van der Waals surface area contributed by atoms with Crippen LogP contribution in [0.25, 0.3) is 0 Å². The van der Waals surface area contributed by atoms with Crippen molar-refractivity contribution >= 4 is 21.9 Å². The van der Waals surface area contributed by atoms with Gasteiger partial charge < -0.3 is 14.6 Å². The highest BCUT2D eigenvalue weighted by Gasteiger charge is 2.11. The molecule has 0 aromatic heterocycles. The number of carbonyl (C=O) groups is 1. The van der Waals surface area contributed by atoms with Crippen LogP contribution in [-0.2, 0) is 6.61 Å². The van der Waals surface area contributed by atoms with Gasteiger partial charge in [0.2, 0.25) is 0 Å². The number of carboxylic acid groups (broad SMARTS) is 1. The Labute approximate surface area is 129 Å². The van der Waals surface area contributed by atoms with Gasteiger partial charge in [-0.15, -0.1) is 0 Å². The minimum absolute atomic E-state index is 0.0120. The first kappa shape index (κ1) is 15.3. The van der Waals surface area contributed by atoms with Gasteiger partial charge in [-0.2, -0.15) is 0 Å². The molecule has 6 heteroatoms. The van der Waals surface area contributed by atoms with Gasteiger partial charge in [-0.05, 0) is 36.4 Å². The number of aromatic carboxylic acids is 1. The average molecular weight is 355 g/mol. The lowest BCUT2D eigenvalue weighted by atomic mass is 10.2. The predicted octanol–water partition coefficient (Wildman–Crippen LogP) is 3.87. The molecule has 0 saturated carbocycles. The third-order valence-corrected chi connectivity index (χ3v) is 3.30. The van der Waals surface area contributed by atoms with Gasteiger partial charge in [-0.1, -0.05) is 15.9 Å². The van der Waals surface area contributed by atoms with Crippen molar-refractivity contribution < 1.29 is 23.8 Å². The predicted molar refractivity (Wildman–Crippen MR) is 78.4 cm³/mol. The van der Waals surface area contributed by atoms with E-state index in [1.165, 1.54) is 19.2 Å².